The lowest BCUT2D eigenvalue weighted by Crippen LogP contribution is -2.45. The lowest BCUT2D eigenvalue weighted by Gasteiger charge is -2.31. The van der Waals surface area contributed by atoms with Crippen LogP contribution in [0.5, 0.6) is 0 Å². The van der Waals surface area contributed by atoms with Gasteiger partial charge in [-0.15, -0.1) is 0 Å². The van der Waals surface area contributed by atoms with E-state index < -0.39 is 11.9 Å². The van der Waals surface area contributed by atoms with Crippen molar-refractivity contribution >= 4 is 28.8 Å². The van der Waals surface area contributed by atoms with Crippen molar-refractivity contribution < 1.29 is 13.2 Å². The predicted molar refractivity (Wildman–Crippen MR) is 134 cm³/mol. The van der Waals surface area contributed by atoms with Crippen LogP contribution in [0.2, 0.25) is 0 Å². The van der Waals surface area contributed by atoms with Gasteiger partial charge < -0.3 is 22.1 Å². The van der Waals surface area contributed by atoms with E-state index in [1.54, 1.807) is 24.3 Å². The van der Waals surface area contributed by atoms with Crippen molar-refractivity contribution in [2.45, 2.75) is 6.18 Å². The Balaban J connectivity index is 2.00. The van der Waals surface area contributed by atoms with Gasteiger partial charge in [0.2, 0.25) is 0 Å². The van der Waals surface area contributed by atoms with Crippen molar-refractivity contribution in [3.05, 3.63) is 76.1 Å². The number of hydrogen-bond donors (Lipinski definition) is 3. The predicted octanol–water partition coefficient (Wildman–Crippen LogP) is 2.94. The number of nitrogens with zero attached hydrogens (tertiary/aromatic N) is 4. The summed E-state index contributed by atoms with van der Waals surface area (Å²) in [5.41, 5.74) is 18.7. The number of piperazine rings is 1. The molecule has 2 heterocycles. The van der Waals surface area contributed by atoms with Crippen molar-refractivity contribution in [1.29, 1.82) is 0 Å². The summed E-state index contributed by atoms with van der Waals surface area (Å²) in [7, 11) is 2.07. The first-order valence-electron chi connectivity index (χ1n) is 11.0. The molecule has 0 unspecified atom stereocenters. The number of alkyl halides is 3. The Hall–Kier alpha value is -3.08. The third-order valence-electron chi connectivity index (χ3n) is 5.72. The lowest BCUT2D eigenvalue weighted by molar-refractivity contribution is -0.141. The van der Waals surface area contributed by atoms with Gasteiger partial charge in [0.25, 0.3) is 0 Å². The summed E-state index contributed by atoms with van der Waals surface area (Å²) in [5, 5.41) is -0.0000757. The Bertz CT molecular complexity index is 1110. The number of amidine groups is 1. The molecule has 1 aromatic carbocycles. The van der Waals surface area contributed by atoms with Crippen LogP contribution in [0.25, 0.3) is 11.4 Å². The first-order chi connectivity index (χ1) is 16.6. The van der Waals surface area contributed by atoms with Gasteiger partial charge in [-0.1, -0.05) is 41.9 Å². The fourth-order valence-corrected chi connectivity index (χ4v) is 3.92. The van der Waals surface area contributed by atoms with E-state index in [1.165, 1.54) is 6.07 Å². The summed E-state index contributed by atoms with van der Waals surface area (Å²) in [6.07, 6.45) is -3.61. The van der Waals surface area contributed by atoms with E-state index in [1.807, 2.05) is 6.07 Å². The molecule has 0 atom stereocenters. The first-order valence-corrected chi connectivity index (χ1v) is 11.4. The molecule has 0 saturated carbocycles. The quantitative estimate of drug-likeness (QED) is 0.302. The van der Waals surface area contributed by atoms with Crippen LogP contribution in [-0.2, 0) is 6.18 Å². The molecule has 188 valence electrons. The van der Waals surface area contributed by atoms with Crippen molar-refractivity contribution in [3.63, 3.8) is 0 Å². The average molecular weight is 508 g/mol. The maximum atomic E-state index is 13.2. The van der Waals surface area contributed by atoms with Crippen molar-refractivity contribution in [1.82, 2.24) is 14.8 Å². The molecule has 0 aliphatic carbocycles. The molecule has 1 saturated heterocycles. The Morgan fingerprint density at radius 1 is 1.00 bits per heavy atom. The van der Waals surface area contributed by atoms with Gasteiger partial charge in [-0.2, -0.15) is 13.2 Å². The van der Waals surface area contributed by atoms with Crippen LogP contribution in [0.4, 0.5) is 13.2 Å². The SMILES string of the molecule is CN1CCN(CCN=C(N)C(=C(N)c2ccnc(C(F)(F)F)c2)/C(Cl)=C(\N)c2ccccc2)CC1. The molecule has 3 rings (SSSR count). The van der Waals surface area contributed by atoms with Crippen LogP contribution in [0, 0.1) is 0 Å². The molecule has 6 N–H and O–H groups in total. The number of aromatic nitrogens is 1. The monoisotopic (exact) mass is 507 g/mol. The molecule has 1 aromatic heterocycles. The van der Waals surface area contributed by atoms with E-state index in [-0.39, 0.29) is 33.4 Å². The highest BCUT2D eigenvalue weighted by Gasteiger charge is 2.33. The number of hydrogen-bond acceptors (Lipinski definition) is 6. The molecule has 1 aliphatic rings. The highest BCUT2D eigenvalue weighted by molar-refractivity contribution is 6.39. The fraction of sp³-hybridized carbons (Fsp3) is 0.333. The molecule has 2 aromatic rings. The molecule has 0 radical (unpaired) electrons. The summed E-state index contributed by atoms with van der Waals surface area (Å²) in [4.78, 5) is 12.3. The number of halogens is 4. The number of pyridine rings is 1. The van der Waals surface area contributed by atoms with Gasteiger partial charge in [0.1, 0.15) is 11.5 Å². The number of nitrogens with two attached hydrogens (primary N) is 3. The second-order valence-electron chi connectivity index (χ2n) is 8.22. The lowest BCUT2D eigenvalue weighted by atomic mass is 10.0. The Kier molecular flexibility index (Phi) is 8.76. The molecular weight excluding hydrogens is 479 g/mol. The number of rotatable bonds is 7. The van der Waals surface area contributed by atoms with E-state index >= 15 is 0 Å². The van der Waals surface area contributed by atoms with Gasteiger partial charge in [0, 0.05) is 44.5 Å². The van der Waals surface area contributed by atoms with Crippen LogP contribution >= 0.6 is 11.6 Å². The summed E-state index contributed by atoms with van der Waals surface area (Å²) >= 11 is 6.65. The van der Waals surface area contributed by atoms with E-state index in [4.69, 9.17) is 28.8 Å². The zero-order valence-corrected chi connectivity index (χ0v) is 20.2. The number of benzene rings is 1. The standard InChI is InChI=1S/C24H29ClF3N7/c1-34-11-13-35(14-12-34)10-9-33-23(31)19(20(25)22(30)16-5-3-2-4-6-16)21(29)17-7-8-32-18(15-17)24(26,27)28/h2-8,15H,9-14,29-30H2,1H3,(H2,31,33)/b21-19?,22-20+. The van der Waals surface area contributed by atoms with Crippen LogP contribution in [0.1, 0.15) is 16.8 Å². The third kappa shape index (κ3) is 6.97. The van der Waals surface area contributed by atoms with Crippen LogP contribution in [0.3, 0.4) is 0 Å². The largest absolute Gasteiger partial charge is 0.433 e. The summed E-state index contributed by atoms with van der Waals surface area (Å²) in [5.74, 6) is -0.00844. The second-order valence-corrected chi connectivity index (χ2v) is 8.60. The molecule has 11 heteroatoms. The van der Waals surface area contributed by atoms with Crippen LogP contribution < -0.4 is 17.2 Å². The van der Waals surface area contributed by atoms with Crippen molar-refractivity contribution in [2.24, 2.45) is 22.2 Å². The van der Waals surface area contributed by atoms with E-state index in [9.17, 15) is 13.2 Å². The Labute approximate surface area is 207 Å². The van der Waals surface area contributed by atoms with Crippen LogP contribution in [-0.4, -0.2) is 66.9 Å². The van der Waals surface area contributed by atoms with Gasteiger partial charge in [0.05, 0.1) is 28.5 Å². The summed E-state index contributed by atoms with van der Waals surface area (Å²) < 4.78 is 39.7. The van der Waals surface area contributed by atoms with E-state index in [0.29, 0.717) is 18.7 Å². The summed E-state index contributed by atoms with van der Waals surface area (Å²) in [6.45, 7) is 4.79. The zero-order valence-electron chi connectivity index (χ0n) is 19.4. The maximum absolute atomic E-state index is 13.2. The van der Waals surface area contributed by atoms with Gasteiger partial charge >= 0.3 is 6.18 Å². The number of likely N-dealkylation sites (N-methyl/N-ethyl adjacent to an activating group) is 1. The average Bonchev–Trinajstić information content (AvgIpc) is 2.85. The van der Waals surface area contributed by atoms with Gasteiger partial charge in [-0.05, 0) is 24.7 Å². The summed E-state index contributed by atoms with van der Waals surface area (Å²) in [6, 6.07) is 11.1. The maximum Gasteiger partial charge on any atom is 0.433 e. The molecular formula is C24H29ClF3N7. The van der Waals surface area contributed by atoms with Gasteiger partial charge in [0.15, 0.2) is 0 Å². The highest BCUT2D eigenvalue weighted by Crippen LogP contribution is 2.31. The normalized spacial score (nSPS) is 17.7. The molecule has 1 aliphatic heterocycles. The second kappa shape index (κ2) is 11.6. The highest BCUT2D eigenvalue weighted by atomic mass is 35.5. The topological polar surface area (TPSA) is 110 Å². The van der Waals surface area contributed by atoms with Gasteiger partial charge in [-0.3, -0.25) is 14.9 Å². The minimum Gasteiger partial charge on any atom is -0.398 e. The zero-order chi connectivity index (χ0) is 25.6. The first kappa shape index (κ1) is 26.5. The minimum absolute atomic E-state index is 0.0000757. The Morgan fingerprint density at radius 3 is 2.29 bits per heavy atom. The molecule has 7 nitrogen and oxygen atoms in total. The Morgan fingerprint density at radius 2 is 1.66 bits per heavy atom. The number of aliphatic imine (C=N–C) groups is 1. The fourth-order valence-electron chi connectivity index (χ4n) is 3.61. The van der Waals surface area contributed by atoms with E-state index in [2.05, 4.69) is 26.8 Å². The van der Waals surface area contributed by atoms with Crippen molar-refractivity contribution in [2.75, 3.05) is 46.3 Å². The van der Waals surface area contributed by atoms with Gasteiger partial charge in [-0.25, -0.2) is 0 Å². The third-order valence-corrected chi connectivity index (χ3v) is 6.11. The van der Waals surface area contributed by atoms with Crippen LogP contribution in [0.15, 0.2) is 64.3 Å². The molecule has 0 spiro atoms. The molecule has 0 bridgehead atoms. The minimum atomic E-state index is -4.64. The molecule has 0 amide bonds. The van der Waals surface area contributed by atoms with E-state index in [0.717, 1.165) is 38.4 Å². The molecule has 1 fully saturated rings. The van der Waals surface area contributed by atoms with Crippen molar-refractivity contribution in [3.8, 4) is 0 Å². The molecule has 35 heavy (non-hydrogen) atoms. The smallest absolute Gasteiger partial charge is 0.398 e.